The molecule has 3 nitrogen and oxygen atoms in total. The van der Waals surface area contributed by atoms with E-state index in [1.54, 1.807) is 0 Å². The summed E-state index contributed by atoms with van der Waals surface area (Å²) in [5.74, 6) is 1.19. The average molecular weight is 250 g/mol. The highest BCUT2D eigenvalue weighted by Crippen LogP contribution is 2.33. The van der Waals surface area contributed by atoms with Gasteiger partial charge in [0.1, 0.15) is 5.78 Å². The molecule has 0 radical (unpaired) electrons. The van der Waals surface area contributed by atoms with Crippen LogP contribution in [0.15, 0.2) is 23.8 Å². The molecular formula is C15H22O3. The smallest absolute Gasteiger partial charge is 0.330 e. The zero-order valence-corrected chi connectivity index (χ0v) is 11.6. The maximum atomic E-state index is 11.5. The molecule has 1 saturated carbocycles. The van der Waals surface area contributed by atoms with E-state index in [2.05, 4.69) is 24.7 Å². The topological polar surface area (TPSA) is 43.4 Å². The van der Waals surface area contributed by atoms with Crippen molar-refractivity contribution in [1.82, 2.24) is 0 Å². The molecule has 0 aromatic heterocycles. The molecule has 0 bridgehead atoms. The van der Waals surface area contributed by atoms with Gasteiger partial charge in [-0.2, -0.15) is 0 Å². The highest BCUT2D eigenvalue weighted by Gasteiger charge is 2.29. The van der Waals surface area contributed by atoms with Crippen molar-refractivity contribution in [2.45, 2.75) is 33.6 Å². The van der Waals surface area contributed by atoms with E-state index < -0.39 is 0 Å². The van der Waals surface area contributed by atoms with Crippen LogP contribution < -0.4 is 0 Å². The zero-order valence-electron chi connectivity index (χ0n) is 11.6. The summed E-state index contributed by atoms with van der Waals surface area (Å²) in [6, 6.07) is 0. The number of esters is 1. The van der Waals surface area contributed by atoms with Gasteiger partial charge in [0.2, 0.25) is 0 Å². The van der Waals surface area contributed by atoms with Crippen LogP contribution in [0.3, 0.4) is 0 Å². The van der Waals surface area contributed by atoms with E-state index in [4.69, 9.17) is 0 Å². The lowest BCUT2D eigenvalue weighted by molar-refractivity contribution is -0.134. The number of carbonyl (C=O) groups excluding carboxylic acids is 2. The molecule has 0 aromatic rings. The Kier molecular flexibility index (Phi) is 5.32. The quantitative estimate of drug-likeness (QED) is 0.439. The van der Waals surface area contributed by atoms with Crippen LogP contribution in [0.5, 0.6) is 0 Å². The zero-order chi connectivity index (χ0) is 13.7. The fourth-order valence-electron chi connectivity index (χ4n) is 2.57. The Labute approximate surface area is 109 Å². The molecule has 1 aliphatic rings. The van der Waals surface area contributed by atoms with E-state index in [0.29, 0.717) is 36.4 Å². The first kappa shape index (κ1) is 14.7. The van der Waals surface area contributed by atoms with E-state index in [-0.39, 0.29) is 5.97 Å². The molecule has 2 atom stereocenters. The van der Waals surface area contributed by atoms with Gasteiger partial charge in [0.25, 0.3) is 0 Å². The van der Waals surface area contributed by atoms with Gasteiger partial charge in [0, 0.05) is 18.9 Å². The number of ether oxygens (including phenoxy) is 1. The van der Waals surface area contributed by atoms with Crippen molar-refractivity contribution in [1.29, 1.82) is 0 Å². The summed E-state index contributed by atoms with van der Waals surface area (Å²) in [4.78, 5) is 22.5. The molecule has 100 valence electrons. The van der Waals surface area contributed by atoms with E-state index >= 15 is 0 Å². The van der Waals surface area contributed by atoms with Crippen LogP contribution in [-0.4, -0.2) is 18.9 Å². The Morgan fingerprint density at radius 2 is 1.83 bits per heavy atom. The molecule has 1 aliphatic carbocycles. The molecule has 3 heteroatoms. The number of Topliss-reactive ketones (excluding diaryl/α,β-unsaturated/α-hetero) is 1. The third-order valence-corrected chi connectivity index (χ3v) is 3.54. The second kappa shape index (κ2) is 6.53. The number of ketones is 1. The lowest BCUT2D eigenvalue weighted by Crippen LogP contribution is -2.28. The van der Waals surface area contributed by atoms with Gasteiger partial charge in [0.05, 0.1) is 7.11 Å². The molecule has 0 aromatic carbocycles. The first-order valence-electron chi connectivity index (χ1n) is 6.40. The molecule has 0 saturated heterocycles. The third-order valence-electron chi connectivity index (χ3n) is 3.54. The Morgan fingerprint density at radius 3 is 2.33 bits per heavy atom. The minimum atomic E-state index is -0.336. The Balaban J connectivity index is 2.68. The summed E-state index contributed by atoms with van der Waals surface area (Å²) in [5.41, 5.74) is 0.873. The van der Waals surface area contributed by atoms with Crippen LogP contribution >= 0.6 is 0 Å². The molecule has 0 N–H and O–H groups in total. The molecule has 1 fully saturated rings. The van der Waals surface area contributed by atoms with Crippen LogP contribution in [0.4, 0.5) is 0 Å². The number of hydrogen-bond acceptors (Lipinski definition) is 3. The lowest BCUT2D eigenvalue weighted by Gasteiger charge is -2.31. The number of allylic oxidation sites excluding steroid dienone is 3. The summed E-state index contributed by atoms with van der Waals surface area (Å²) >= 11 is 0. The summed E-state index contributed by atoms with van der Waals surface area (Å²) in [6.07, 6.45) is 6.87. The van der Waals surface area contributed by atoms with Crippen LogP contribution in [0.2, 0.25) is 0 Å². The number of carbonyl (C=O) groups is 2. The van der Waals surface area contributed by atoms with Crippen molar-refractivity contribution in [3.63, 3.8) is 0 Å². The van der Waals surface area contributed by atoms with Crippen LogP contribution in [-0.2, 0) is 14.3 Å². The van der Waals surface area contributed by atoms with Gasteiger partial charge in [-0.25, -0.2) is 4.79 Å². The molecule has 2 unspecified atom stereocenters. The van der Waals surface area contributed by atoms with Crippen molar-refractivity contribution < 1.29 is 14.3 Å². The first-order valence-corrected chi connectivity index (χ1v) is 6.40. The van der Waals surface area contributed by atoms with Gasteiger partial charge in [-0.3, -0.25) is 4.79 Å². The summed E-state index contributed by atoms with van der Waals surface area (Å²) in [7, 11) is 1.37. The van der Waals surface area contributed by atoms with E-state index in [9.17, 15) is 9.59 Å². The van der Waals surface area contributed by atoms with Gasteiger partial charge >= 0.3 is 5.97 Å². The highest BCUT2D eigenvalue weighted by molar-refractivity contribution is 5.83. The average Bonchev–Trinajstić information content (AvgIpc) is 2.27. The minimum Gasteiger partial charge on any atom is -0.466 e. The molecule has 0 aliphatic heterocycles. The van der Waals surface area contributed by atoms with Gasteiger partial charge in [0.15, 0.2) is 0 Å². The number of methoxy groups -OCH3 is 1. The van der Waals surface area contributed by atoms with E-state index in [1.165, 1.54) is 13.2 Å². The monoisotopic (exact) mass is 250 g/mol. The summed E-state index contributed by atoms with van der Waals surface area (Å²) in [6.45, 7) is 6.10. The Morgan fingerprint density at radius 1 is 1.28 bits per heavy atom. The van der Waals surface area contributed by atoms with Gasteiger partial charge < -0.3 is 4.74 Å². The summed E-state index contributed by atoms with van der Waals surface area (Å²) in [5, 5.41) is 0. The van der Waals surface area contributed by atoms with Gasteiger partial charge in [-0.05, 0) is 30.3 Å². The van der Waals surface area contributed by atoms with Crippen molar-refractivity contribution in [2.24, 2.45) is 17.8 Å². The Hall–Kier alpha value is -1.38. The molecule has 0 spiro atoms. The fraction of sp³-hybridized carbons (Fsp3) is 0.600. The van der Waals surface area contributed by atoms with Crippen molar-refractivity contribution in [2.75, 3.05) is 7.11 Å². The second-order valence-electron chi connectivity index (χ2n) is 5.25. The van der Waals surface area contributed by atoms with Gasteiger partial charge in [-0.15, -0.1) is 0 Å². The van der Waals surface area contributed by atoms with Crippen LogP contribution in [0, 0.1) is 17.8 Å². The molecular weight excluding hydrogens is 228 g/mol. The van der Waals surface area contributed by atoms with Crippen molar-refractivity contribution in [3.8, 4) is 0 Å². The van der Waals surface area contributed by atoms with Crippen molar-refractivity contribution in [3.05, 3.63) is 23.8 Å². The first-order chi connectivity index (χ1) is 8.43. The minimum absolute atomic E-state index is 0.336. The number of hydrogen-bond donors (Lipinski definition) is 0. The largest absolute Gasteiger partial charge is 0.466 e. The second-order valence-corrected chi connectivity index (χ2v) is 5.25. The molecule has 1 rings (SSSR count). The maximum absolute atomic E-state index is 11.5. The predicted molar refractivity (Wildman–Crippen MR) is 71.0 cm³/mol. The van der Waals surface area contributed by atoms with Crippen LogP contribution in [0.1, 0.15) is 33.6 Å². The van der Waals surface area contributed by atoms with Crippen molar-refractivity contribution >= 4 is 11.8 Å². The highest BCUT2D eigenvalue weighted by atomic mass is 16.5. The summed E-state index contributed by atoms with van der Waals surface area (Å²) < 4.78 is 4.58. The Bertz CT molecular complexity index is 365. The standard InChI is InChI=1S/C15H22O3/c1-10(7-15(17)18-4)5-6-14-11(2)8-13(16)9-12(14)3/h5-7,11-12,14H,8-9H2,1-4H3/b6-5+,10-7+. The normalized spacial score (nSPS) is 29.7. The van der Waals surface area contributed by atoms with Crippen LogP contribution in [0.25, 0.3) is 0 Å². The SMILES string of the molecule is COC(=O)/C=C(C)/C=C/C1C(C)CC(=O)CC1C. The molecule has 18 heavy (non-hydrogen) atoms. The van der Waals surface area contributed by atoms with E-state index in [0.717, 1.165) is 5.57 Å². The van der Waals surface area contributed by atoms with Gasteiger partial charge in [-0.1, -0.05) is 26.0 Å². The van der Waals surface area contributed by atoms with E-state index in [1.807, 2.05) is 13.0 Å². The molecule has 0 amide bonds. The third kappa shape index (κ3) is 4.13. The lowest BCUT2D eigenvalue weighted by atomic mass is 9.73. The number of rotatable bonds is 3. The maximum Gasteiger partial charge on any atom is 0.330 e. The fourth-order valence-corrected chi connectivity index (χ4v) is 2.57. The molecule has 0 heterocycles. The predicted octanol–water partition coefficient (Wildman–Crippen LogP) is 2.91.